The van der Waals surface area contributed by atoms with Crippen molar-refractivity contribution in [3.63, 3.8) is 0 Å². The zero-order valence-corrected chi connectivity index (χ0v) is 13.7. The third-order valence-corrected chi connectivity index (χ3v) is 4.47. The molecule has 0 spiro atoms. The molecule has 2 aliphatic rings. The largest absolute Gasteiger partial charge is 0.348 e. The van der Waals surface area contributed by atoms with Gasteiger partial charge in [-0.15, -0.1) is 0 Å². The molecule has 1 saturated heterocycles. The van der Waals surface area contributed by atoms with Crippen LogP contribution in [0, 0.1) is 5.92 Å². The van der Waals surface area contributed by atoms with E-state index in [0.29, 0.717) is 37.6 Å². The first-order chi connectivity index (χ1) is 10.9. The van der Waals surface area contributed by atoms with E-state index in [1.165, 1.54) is 0 Å². The van der Waals surface area contributed by atoms with Gasteiger partial charge in [-0.1, -0.05) is 0 Å². The van der Waals surface area contributed by atoms with Crippen molar-refractivity contribution < 1.29 is 14.4 Å². The van der Waals surface area contributed by atoms with Crippen molar-refractivity contribution in [2.24, 2.45) is 16.8 Å². The maximum atomic E-state index is 12.1. The Labute approximate surface area is 135 Å². The lowest BCUT2D eigenvalue weighted by molar-refractivity contribution is -0.134. The number of nitrogens with two attached hydrogens (primary N) is 1. The van der Waals surface area contributed by atoms with Gasteiger partial charge in [-0.3, -0.25) is 14.4 Å². The van der Waals surface area contributed by atoms with E-state index in [0.717, 1.165) is 12.8 Å². The number of likely N-dealkylation sites (tertiary alicyclic amines) is 1. The molecule has 2 aliphatic heterocycles. The number of nitrogens with one attached hydrogen (secondary N) is 2. The van der Waals surface area contributed by atoms with Crippen LogP contribution in [0.25, 0.3) is 0 Å². The molecule has 2 unspecified atom stereocenters. The van der Waals surface area contributed by atoms with Gasteiger partial charge in [0.05, 0.1) is 6.04 Å². The first-order valence-corrected chi connectivity index (χ1v) is 8.09. The topological polar surface area (TPSA) is 117 Å². The lowest BCUT2D eigenvalue weighted by Crippen LogP contribution is -2.50. The van der Waals surface area contributed by atoms with Crippen LogP contribution < -0.4 is 16.5 Å². The van der Waals surface area contributed by atoms with E-state index in [9.17, 15) is 14.4 Å². The van der Waals surface area contributed by atoms with Crippen LogP contribution in [0.5, 0.6) is 0 Å². The number of nitrogens with zero attached hydrogens (tertiary/aromatic N) is 2. The minimum absolute atomic E-state index is 0.00428. The molecule has 0 bridgehead atoms. The molecule has 23 heavy (non-hydrogen) atoms. The summed E-state index contributed by atoms with van der Waals surface area (Å²) in [6, 6.07) is -0.474. The summed E-state index contributed by atoms with van der Waals surface area (Å²) in [7, 11) is 0. The molecular formula is C15H25N5O3. The summed E-state index contributed by atoms with van der Waals surface area (Å²) < 4.78 is 0. The van der Waals surface area contributed by atoms with Gasteiger partial charge in [-0.25, -0.2) is 5.43 Å². The predicted molar refractivity (Wildman–Crippen MR) is 85.4 cm³/mol. The first-order valence-electron chi connectivity index (χ1n) is 8.09. The van der Waals surface area contributed by atoms with E-state index < -0.39 is 6.04 Å². The predicted octanol–water partition coefficient (Wildman–Crippen LogP) is -0.657. The smallest absolute Gasteiger partial charge is 0.267 e. The van der Waals surface area contributed by atoms with Crippen LogP contribution in [0.3, 0.4) is 0 Å². The molecule has 1 fully saturated rings. The molecule has 3 amide bonds. The molecule has 0 aromatic heterocycles. The normalized spacial score (nSPS) is 22.0. The number of hydrogen-bond acceptors (Lipinski definition) is 5. The van der Waals surface area contributed by atoms with E-state index in [4.69, 9.17) is 5.73 Å². The maximum absolute atomic E-state index is 12.1. The van der Waals surface area contributed by atoms with Crippen LogP contribution in [0.1, 0.15) is 39.5 Å². The van der Waals surface area contributed by atoms with Gasteiger partial charge in [-0.05, 0) is 32.6 Å². The minimum atomic E-state index is -0.469. The average molecular weight is 323 g/mol. The molecule has 0 aliphatic carbocycles. The second kappa shape index (κ2) is 7.54. The molecule has 2 heterocycles. The van der Waals surface area contributed by atoms with Crippen LogP contribution in [-0.4, -0.2) is 53.5 Å². The molecule has 4 N–H and O–H groups in total. The fourth-order valence-electron chi connectivity index (χ4n) is 2.95. The fraction of sp³-hybridized carbons (Fsp3) is 0.733. The van der Waals surface area contributed by atoms with Crippen molar-refractivity contribution in [3.8, 4) is 0 Å². The number of hydrogen-bond donors (Lipinski definition) is 3. The van der Waals surface area contributed by atoms with Gasteiger partial charge >= 0.3 is 0 Å². The van der Waals surface area contributed by atoms with Crippen molar-refractivity contribution in [1.82, 2.24) is 15.6 Å². The molecule has 8 heteroatoms. The Morgan fingerprint density at radius 3 is 2.48 bits per heavy atom. The minimum Gasteiger partial charge on any atom is -0.348 e. The molecule has 0 aromatic rings. The van der Waals surface area contributed by atoms with Gasteiger partial charge in [-0.2, -0.15) is 5.10 Å². The Hall–Kier alpha value is -1.96. The zero-order chi connectivity index (χ0) is 17.0. The number of hydrazone groups is 1. The Morgan fingerprint density at radius 1 is 1.30 bits per heavy atom. The number of piperidine rings is 1. The fourth-order valence-corrected chi connectivity index (χ4v) is 2.95. The quantitative estimate of drug-likeness (QED) is 0.637. The summed E-state index contributed by atoms with van der Waals surface area (Å²) in [6.07, 6.45) is 2.33. The molecule has 8 nitrogen and oxygen atoms in total. The van der Waals surface area contributed by atoms with Crippen molar-refractivity contribution in [1.29, 1.82) is 0 Å². The number of carbonyl (C=O) groups is 3. The molecule has 2 rings (SSSR count). The summed E-state index contributed by atoms with van der Waals surface area (Å²) in [5.74, 6) is -0.102. The molecular weight excluding hydrogens is 298 g/mol. The number of rotatable bonds is 4. The van der Waals surface area contributed by atoms with E-state index in [2.05, 4.69) is 15.8 Å². The highest BCUT2D eigenvalue weighted by atomic mass is 16.2. The van der Waals surface area contributed by atoms with Gasteiger partial charge in [0, 0.05) is 32.0 Å². The second-order valence-corrected chi connectivity index (χ2v) is 6.31. The molecule has 0 radical (unpaired) electrons. The van der Waals surface area contributed by atoms with Crippen molar-refractivity contribution in [2.75, 3.05) is 13.1 Å². The van der Waals surface area contributed by atoms with Gasteiger partial charge < -0.3 is 16.0 Å². The lowest BCUT2D eigenvalue weighted by Gasteiger charge is -2.35. The highest BCUT2D eigenvalue weighted by molar-refractivity contribution is 6.39. The van der Waals surface area contributed by atoms with E-state index in [1.807, 2.05) is 6.92 Å². The van der Waals surface area contributed by atoms with E-state index in [1.54, 1.807) is 11.8 Å². The summed E-state index contributed by atoms with van der Waals surface area (Å²) in [4.78, 5) is 36.8. The van der Waals surface area contributed by atoms with Crippen LogP contribution in [-0.2, 0) is 14.4 Å². The van der Waals surface area contributed by atoms with Gasteiger partial charge in [0.2, 0.25) is 11.8 Å². The Bertz CT molecular complexity index is 509. The number of carbonyl (C=O) groups excluding carboxylic acids is 3. The summed E-state index contributed by atoms with van der Waals surface area (Å²) in [5.41, 5.74) is 8.32. The average Bonchev–Trinajstić information content (AvgIpc) is 2.54. The highest BCUT2D eigenvalue weighted by Crippen LogP contribution is 2.21. The van der Waals surface area contributed by atoms with Crippen molar-refractivity contribution >= 4 is 23.4 Å². The monoisotopic (exact) mass is 323 g/mol. The van der Waals surface area contributed by atoms with E-state index >= 15 is 0 Å². The highest BCUT2D eigenvalue weighted by Gasteiger charge is 2.29. The van der Waals surface area contributed by atoms with Crippen LogP contribution >= 0.6 is 0 Å². The van der Waals surface area contributed by atoms with Gasteiger partial charge in [0.1, 0.15) is 5.71 Å². The molecule has 2 atom stereocenters. The first kappa shape index (κ1) is 17.4. The molecule has 128 valence electrons. The van der Waals surface area contributed by atoms with Crippen molar-refractivity contribution in [2.45, 2.75) is 51.6 Å². The second-order valence-electron chi connectivity index (χ2n) is 6.31. The SMILES string of the molecule is CC(N)C(=O)N1CCC(C(C)NC(=O)C2=NNC(=O)CC2)CC1. The third kappa shape index (κ3) is 4.51. The Morgan fingerprint density at radius 2 is 1.96 bits per heavy atom. The Balaban J connectivity index is 1.81. The van der Waals surface area contributed by atoms with Crippen LogP contribution in [0.15, 0.2) is 5.10 Å². The number of amides is 3. The molecule has 0 aromatic carbocycles. The van der Waals surface area contributed by atoms with Crippen LogP contribution in [0.4, 0.5) is 0 Å². The van der Waals surface area contributed by atoms with Gasteiger partial charge in [0.15, 0.2) is 0 Å². The zero-order valence-electron chi connectivity index (χ0n) is 13.7. The van der Waals surface area contributed by atoms with Crippen LogP contribution in [0.2, 0.25) is 0 Å². The van der Waals surface area contributed by atoms with Crippen molar-refractivity contribution in [3.05, 3.63) is 0 Å². The summed E-state index contributed by atoms with van der Waals surface area (Å²) >= 11 is 0. The summed E-state index contributed by atoms with van der Waals surface area (Å²) in [5, 5.41) is 6.75. The third-order valence-electron chi connectivity index (χ3n) is 4.47. The van der Waals surface area contributed by atoms with E-state index in [-0.39, 0.29) is 23.8 Å². The molecule has 0 saturated carbocycles. The van der Waals surface area contributed by atoms with Gasteiger partial charge in [0.25, 0.3) is 5.91 Å². The Kier molecular flexibility index (Phi) is 5.70. The lowest BCUT2D eigenvalue weighted by atomic mass is 9.90. The standard InChI is InChI=1S/C15H25N5O3/c1-9(16)15(23)20-7-5-11(6-8-20)10(2)17-14(22)12-3-4-13(21)19-18-12/h9-11H,3-8,16H2,1-2H3,(H,17,22)(H,19,21). The summed E-state index contributed by atoms with van der Waals surface area (Å²) in [6.45, 7) is 5.00. The maximum Gasteiger partial charge on any atom is 0.267 e.